The molecular formula is C14H18N4O2. The fourth-order valence-corrected chi connectivity index (χ4v) is 1.87. The molecule has 0 spiro atoms. The van der Waals surface area contributed by atoms with E-state index in [0.29, 0.717) is 18.9 Å². The summed E-state index contributed by atoms with van der Waals surface area (Å²) in [4.78, 5) is 12.0. The largest absolute Gasteiger partial charge is 0.423 e. The Bertz CT molecular complexity index is 581. The van der Waals surface area contributed by atoms with E-state index in [-0.39, 0.29) is 11.8 Å². The molecule has 1 aromatic carbocycles. The maximum atomic E-state index is 12.0. The molecule has 0 saturated carbocycles. The van der Waals surface area contributed by atoms with E-state index in [4.69, 9.17) is 10.2 Å². The van der Waals surface area contributed by atoms with Crippen LogP contribution in [0.1, 0.15) is 18.9 Å². The average Bonchev–Trinajstić information content (AvgIpc) is 2.95. The van der Waals surface area contributed by atoms with Crippen LogP contribution >= 0.6 is 0 Å². The minimum Gasteiger partial charge on any atom is -0.423 e. The van der Waals surface area contributed by atoms with Crippen LogP contribution in [0.4, 0.5) is 5.69 Å². The first kappa shape index (κ1) is 14.2. The van der Waals surface area contributed by atoms with Gasteiger partial charge in [0.05, 0.1) is 0 Å². The number of aromatic nitrogens is 2. The molecule has 0 aliphatic carbocycles. The Morgan fingerprint density at radius 1 is 1.50 bits per heavy atom. The van der Waals surface area contributed by atoms with Crippen molar-refractivity contribution in [1.82, 2.24) is 10.2 Å². The molecule has 1 atom stereocenters. The number of anilines is 1. The summed E-state index contributed by atoms with van der Waals surface area (Å²) < 4.78 is 5.14. The highest BCUT2D eigenvalue weighted by Gasteiger charge is 2.13. The van der Waals surface area contributed by atoms with Crippen molar-refractivity contribution in [3.63, 3.8) is 0 Å². The monoisotopic (exact) mass is 274 g/mol. The molecule has 0 bridgehead atoms. The smallest absolute Gasteiger partial charge is 0.247 e. The zero-order valence-corrected chi connectivity index (χ0v) is 11.6. The Morgan fingerprint density at radius 3 is 2.90 bits per heavy atom. The maximum absolute atomic E-state index is 12.0. The summed E-state index contributed by atoms with van der Waals surface area (Å²) in [5.41, 5.74) is 8.01. The van der Waals surface area contributed by atoms with Gasteiger partial charge in [-0.05, 0) is 43.7 Å². The van der Waals surface area contributed by atoms with Crippen molar-refractivity contribution >= 4 is 11.6 Å². The predicted octanol–water partition coefficient (Wildman–Crippen LogP) is 1.97. The molecule has 1 amide bonds. The van der Waals surface area contributed by atoms with E-state index >= 15 is 0 Å². The normalized spacial score (nSPS) is 12.2. The Balaban J connectivity index is 2.12. The van der Waals surface area contributed by atoms with Gasteiger partial charge in [-0.25, -0.2) is 0 Å². The third kappa shape index (κ3) is 3.21. The molecule has 3 N–H and O–H groups in total. The van der Waals surface area contributed by atoms with Crippen molar-refractivity contribution in [3.8, 4) is 11.5 Å². The zero-order valence-electron chi connectivity index (χ0n) is 11.6. The van der Waals surface area contributed by atoms with Crippen molar-refractivity contribution < 1.29 is 9.21 Å². The van der Waals surface area contributed by atoms with E-state index < -0.39 is 0 Å². The van der Waals surface area contributed by atoms with Gasteiger partial charge < -0.3 is 15.5 Å². The van der Waals surface area contributed by atoms with Crippen LogP contribution in [0.3, 0.4) is 0 Å². The number of nitrogens with one attached hydrogen (secondary N) is 1. The van der Waals surface area contributed by atoms with Crippen molar-refractivity contribution in [2.45, 2.75) is 20.3 Å². The van der Waals surface area contributed by atoms with Crippen LogP contribution in [0.5, 0.6) is 0 Å². The molecular weight excluding hydrogens is 256 g/mol. The minimum absolute atomic E-state index is 0.0240. The van der Waals surface area contributed by atoms with Gasteiger partial charge in [-0.1, -0.05) is 6.92 Å². The van der Waals surface area contributed by atoms with Gasteiger partial charge in [-0.3, -0.25) is 4.79 Å². The molecule has 1 aromatic heterocycles. The molecule has 1 unspecified atom stereocenters. The molecule has 0 fully saturated rings. The standard InChI is InChI=1S/C14H18N4O2/c1-9(5-6-15)13(19)17-12-4-3-11(7-10(12)2)14-18-16-8-20-14/h3-4,7-9H,5-6,15H2,1-2H3,(H,17,19). The van der Waals surface area contributed by atoms with Crippen LogP contribution < -0.4 is 11.1 Å². The maximum Gasteiger partial charge on any atom is 0.247 e. The highest BCUT2D eigenvalue weighted by molar-refractivity contribution is 5.93. The van der Waals surface area contributed by atoms with E-state index in [0.717, 1.165) is 16.8 Å². The zero-order chi connectivity index (χ0) is 14.5. The number of hydrogen-bond donors (Lipinski definition) is 2. The van der Waals surface area contributed by atoms with Crippen molar-refractivity contribution in [3.05, 3.63) is 30.2 Å². The second-order valence-electron chi connectivity index (χ2n) is 4.74. The molecule has 0 aliphatic rings. The minimum atomic E-state index is -0.102. The quantitative estimate of drug-likeness (QED) is 0.869. The first-order valence-corrected chi connectivity index (χ1v) is 6.50. The number of hydrogen-bond acceptors (Lipinski definition) is 5. The number of nitrogens with two attached hydrogens (primary N) is 1. The van der Waals surface area contributed by atoms with Crippen molar-refractivity contribution in [1.29, 1.82) is 0 Å². The van der Waals surface area contributed by atoms with Gasteiger partial charge >= 0.3 is 0 Å². The van der Waals surface area contributed by atoms with E-state index in [9.17, 15) is 4.79 Å². The van der Waals surface area contributed by atoms with Crippen molar-refractivity contribution in [2.24, 2.45) is 11.7 Å². The second kappa shape index (κ2) is 6.29. The number of aryl methyl sites for hydroxylation is 1. The summed E-state index contributed by atoms with van der Waals surface area (Å²) >= 11 is 0. The first-order valence-electron chi connectivity index (χ1n) is 6.50. The van der Waals surface area contributed by atoms with Gasteiger partial charge in [0, 0.05) is 17.2 Å². The average molecular weight is 274 g/mol. The number of nitrogens with zero attached hydrogens (tertiary/aromatic N) is 2. The summed E-state index contributed by atoms with van der Waals surface area (Å²) in [6, 6.07) is 5.57. The molecule has 6 nitrogen and oxygen atoms in total. The number of benzene rings is 1. The van der Waals surface area contributed by atoms with Gasteiger partial charge in [0.25, 0.3) is 0 Å². The molecule has 0 saturated heterocycles. The molecule has 1 heterocycles. The van der Waals surface area contributed by atoms with Crippen LogP contribution in [0.25, 0.3) is 11.5 Å². The lowest BCUT2D eigenvalue weighted by atomic mass is 10.1. The SMILES string of the molecule is Cc1cc(-c2nnco2)ccc1NC(=O)C(C)CCN. The summed E-state index contributed by atoms with van der Waals surface area (Å²) in [6.45, 7) is 4.29. The van der Waals surface area contributed by atoms with Gasteiger partial charge in [-0.15, -0.1) is 10.2 Å². The molecule has 20 heavy (non-hydrogen) atoms. The van der Waals surface area contributed by atoms with Gasteiger partial charge in [0.15, 0.2) is 0 Å². The van der Waals surface area contributed by atoms with Gasteiger partial charge in [0.2, 0.25) is 18.2 Å². The third-order valence-corrected chi connectivity index (χ3v) is 3.14. The number of carbonyl (C=O) groups is 1. The van der Waals surface area contributed by atoms with E-state index in [1.165, 1.54) is 6.39 Å². The predicted molar refractivity (Wildman–Crippen MR) is 75.9 cm³/mol. The van der Waals surface area contributed by atoms with Crippen LogP contribution in [-0.2, 0) is 4.79 Å². The highest BCUT2D eigenvalue weighted by atomic mass is 16.4. The van der Waals surface area contributed by atoms with E-state index in [1.807, 2.05) is 32.0 Å². The Morgan fingerprint density at radius 2 is 2.30 bits per heavy atom. The van der Waals surface area contributed by atoms with Gasteiger partial charge in [0.1, 0.15) is 0 Å². The highest BCUT2D eigenvalue weighted by Crippen LogP contribution is 2.23. The number of rotatable bonds is 5. The Labute approximate surface area is 117 Å². The lowest BCUT2D eigenvalue weighted by Gasteiger charge is -2.13. The third-order valence-electron chi connectivity index (χ3n) is 3.14. The number of carbonyl (C=O) groups excluding carboxylic acids is 1. The van der Waals surface area contributed by atoms with Crippen LogP contribution in [0, 0.1) is 12.8 Å². The van der Waals surface area contributed by atoms with Crippen molar-refractivity contribution in [2.75, 3.05) is 11.9 Å². The first-order chi connectivity index (χ1) is 9.61. The summed E-state index contributed by atoms with van der Waals surface area (Å²) in [6.07, 6.45) is 1.96. The summed E-state index contributed by atoms with van der Waals surface area (Å²) in [5.74, 6) is 0.335. The lowest BCUT2D eigenvalue weighted by molar-refractivity contribution is -0.119. The van der Waals surface area contributed by atoms with Crippen LogP contribution in [-0.4, -0.2) is 22.6 Å². The molecule has 2 aromatic rings. The van der Waals surface area contributed by atoms with Crippen LogP contribution in [0.2, 0.25) is 0 Å². The van der Waals surface area contributed by atoms with E-state index in [2.05, 4.69) is 15.5 Å². The fraction of sp³-hybridized carbons (Fsp3) is 0.357. The van der Waals surface area contributed by atoms with Crippen LogP contribution in [0.15, 0.2) is 29.0 Å². The summed E-state index contributed by atoms with van der Waals surface area (Å²) in [5, 5.41) is 10.4. The Hall–Kier alpha value is -2.21. The molecule has 0 aliphatic heterocycles. The second-order valence-corrected chi connectivity index (χ2v) is 4.74. The molecule has 0 radical (unpaired) electrons. The Kier molecular flexibility index (Phi) is 4.47. The topological polar surface area (TPSA) is 94.0 Å². The molecule has 2 rings (SSSR count). The van der Waals surface area contributed by atoms with Gasteiger partial charge in [-0.2, -0.15) is 0 Å². The lowest BCUT2D eigenvalue weighted by Crippen LogP contribution is -2.23. The molecule has 6 heteroatoms. The molecule has 106 valence electrons. The summed E-state index contributed by atoms with van der Waals surface area (Å²) in [7, 11) is 0. The van der Waals surface area contributed by atoms with E-state index in [1.54, 1.807) is 0 Å². The fourth-order valence-electron chi connectivity index (χ4n) is 1.87. The number of amides is 1.